The number of nitrogens with one attached hydrogen (secondary N) is 1. The van der Waals surface area contributed by atoms with E-state index in [1.54, 1.807) is 0 Å². The summed E-state index contributed by atoms with van der Waals surface area (Å²) in [4.78, 5) is 34.9. The molecule has 0 aliphatic carbocycles. The Hall–Kier alpha value is -3.76. The number of para-hydroxylation sites is 1. The second-order valence-corrected chi connectivity index (χ2v) is 5.61. The van der Waals surface area contributed by atoms with Gasteiger partial charge in [0.25, 0.3) is 11.6 Å². The Bertz CT molecular complexity index is 945. The van der Waals surface area contributed by atoms with Crippen LogP contribution in [0, 0.1) is 21.7 Å². The lowest BCUT2D eigenvalue weighted by Crippen LogP contribution is -2.30. The molecule has 0 aromatic heterocycles. The molecule has 1 N–H and O–H groups in total. The molecule has 11 heteroatoms. The topological polar surface area (TPSA) is 117 Å². The normalized spacial score (nSPS) is 11.3. The van der Waals surface area contributed by atoms with E-state index >= 15 is 0 Å². The highest BCUT2D eigenvalue weighted by atomic mass is 19.1. The second kappa shape index (κ2) is 8.95. The number of halogens is 2. The molecule has 0 heterocycles. The molecule has 2 aromatic rings. The van der Waals surface area contributed by atoms with Crippen molar-refractivity contribution in [1.29, 1.82) is 0 Å². The van der Waals surface area contributed by atoms with Crippen LogP contribution in [0.3, 0.4) is 0 Å². The smallest absolute Gasteiger partial charge is 0.346 e. The van der Waals surface area contributed by atoms with Crippen LogP contribution >= 0.6 is 0 Å². The number of rotatable bonds is 7. The molecule has 154 valence electrons. The fourth-order valence-electron chi connectivity index (χ4n) is 2.30. The number of carbonyl (C=O) groups is 2. The predicted octanol–water partition coefficient (Wildman–Crippen LogP) is 3.07. The third-order valence-electron chi connectivity index (χ3n) is 3.78. The van der Waals surface area contributed by atoms with Crippen LogP contribution in [0.1, 0.15) is 17.3 Å². The zero-order valence-electron chi connectivity index (χ0n) is 15.5. The van der Waals surface area contributed by atoms with Crippen molar-refractivity contribution in [1.82, 2.24) is 0 Å². The van der Waals surface area contributed by atoms with Gasteiger partial charge in [-0.1, -0.05) is 6.07 Å². The highest BCUT2D eigenvalue weighted by Crippen LogP contribution is 2.35. The molecule has 0 spiro atoms. The number of methoxy groups -OCH3 is 2. The van der Waals surface area contributed by atoms with Gasteiger partial charge >= 0.3 is 5.97 Å². The molecule has 0 saturated carbocycles. The number of esters is 1. The SMILES string of the molecule is COc1cc(C(=O)O[C@H](C)C(=O)Nc2c(F)cccc2F)c([N+](=O)[O-])cc1OC. The van der Waals surface area contributed by atoms with Gasteiger partial charge < -0.3 is 19.5 Å². The first-order chi connectivity index (χ1) is 13.7. The van der Waals surface area contributed by atoms with Gasteiger partial charge in [0, 0.05) is 6.07 Å². The van der Waals surface area contributed by atoms with Gasteiger partial charge in [0.2, 0.25) is 0 Å². The molecule has 1 atom stereocenters. The van der Waals surface area contributed by atoms with Gasteiger partial charge in [-0.05, 0) is 19.1 Å². The number of ether oxygens (including phenoxy) is 3. The maximum absolute atomic E-state index is 13.6. The van der Waals surface area contributed by atoms with E-state index in [-0.39, 0.29) is 11.5 Å². The van der Waals surface area contributed by atoms with Gasteiger partial charge in [0.05, 0.1) is 25.2 Å². The number of nitrogens with zero attached hydrogens (tertiary/aromatic N) is 1. The fourth-order valence-corrected chi connectivity index (χ4v) is 2.30. The van der Waals surface area contributed by atoms with Crippen molar-refractivity contribution in [3.8, 4) is 11.5 Å². The molecule has 0 saturated heterocycles. The van der Waals surface area contributed by atoms with Crippen LogP contribution in [-0.4, -0.2) is 37.1 Å². The molecule has 0 aliphatic heterocycles. The maximum Gasteiger partial charge on any atom is 0.346 e. The Kier molecular flexibility index (Phi) is 6.65. The standard InChI is InChI=1S/C18H16F2N2O7/c1-9(17(23)21-16-11(19)5-4-6-12(16)20)29-18(24)10-7-14(27-2)15(28-3)8-13(10)22(25)26/h4-9H,1-3H3,(H,21,23)/t9-/m1/s1. The Morgan fingerprint density at radius 1 is 1.10 bits per heavy atom. The Labute approximate surface area is 163 Å². The van der Waals surface area contributed by atoms with Crippen LogP contribution in [-0.2, 0) is 9.53 Å². The largest absolute Gasteiger partial charge is 0.493 e. The fraction of sp³-hybridized carbons (Fsp3) is 0.222. The number of amides is 1. The lowest BCUT2D eigenvalue weighted by Gasteiger charge is -2.15. The molecule has 0 aliphatic rings. The first kappa shape index (κ1) is 21.5. The van der Waals surface area contributed by atoms with Crippen molar-refractivity contribution in [2.75, 3.05) is 19.5 Å². The minimum absolute atomic E-state index is 0.0107. The zero-order valence-corrected chi connectivity index (χ0v) is 15.5. The number of hydrogen-bond acceptors (Lipinski definition) is 7. The number of carbonyl (C=O) groups excluding carboxylic acids is 2. The average Bonchev–Trinajstić information content (AvgIpc) is 2.69. The van der Waals surface area contributed by atoms with Crippen LogP contribution in [0.5, 0.6) is 11.5 Å². The zero-order chi connectivity index (χ0) is 21.7. The summed E-state index contributed by atoms with van der Waals surface area (Å²) >= 11 is 0. The summed E-state index contributed by atoms with van der Waals surface area (Å²) in [6, 6.07) is 4.97. The van der Waals surface area contributed by atoms with Crippen LogP contribution < -0.4 is 14.8 Å². The summed E-state index contributed by atoms with van der Waals surface area (Å²) in [5.74, 6) is -4.26. The van der Waals surface area contributed by atoms with Crippen LogP contribution in [0.15, 0.2) is 30.3 Å². The number of nitro benzene ring substituents is 1. The van der Waals surface area contributed by atoms with Crippen molar-refractivity contribution in [3.05, 3.63) is 57.6 Å². The van der Waals surface area contributed by atoms with Gasteiger partial charge in [-0.15, -0.1) is 0 Å². The Morgan fingerprint density at radius 3 is 2.17 bits per heavy atom. The van der Waals surface area contributed by atoms with Crippen molar-refractivity contribution < 1.29 is 37.5 Å². The predicted molar refractivity (Wildman–Crippen MR) is 96.1 cm³/mol. The first-order valence-corrected chi connectivity index (χ1v) is 8.05. The molecular formula is C18H16F2N2O7. The van der Waals surface area contributed by atoms with E-state index in [1.807, 2.05) is 5.32 Å². The first-order valence-electron chi connectivity index (χ1n) is 8.05. The molecule has 0 radical (unpaired) electrons. The third kappa shape index (κ3) is 4.75. The summed E-state index contributed by atoms with van der Waals surface area (Å²) in [5.41, 5.74) is -1.85. The molecule has 0 bridgehead atoms. The summed E-state index contributed by atoms with van der Waals surface area (Å²) in [7, 11) is 2.52. The van der Waals surface area contributed by atoms with Crippen molar-refractivity contribution in [2.24, 2.45) is 0 Å². The number of anilines is 1. The van der Waals surface area contributed by atoms with Crippen LogP contribution in [0.25, 0.3) is 0 Å². The highest BCUT2D eigenvalue weighted by molar-refractivity contribution is 5.99. The van der Waals surface area contributed by atoms with Gasteiger partial charge in [0.15, 0.2) is 17.6 Å². The molecular weight excluding hydrogens is 394 g/mol. The Balaban J connectivity index is 2.24. The van der Waals surface area contributed by atoms with E-state index in [9.17, 15) is 28.5 Å². The number of benzene rings is 2. The molecule has 2 aromatic carbocycles. The maximum atomic E-state index is 13.6. The minimum atomic E-state index is -1.52. The van der Waals surface area contributed by atoms with Gasteiger partial charge in [-0.3, -0.25) is 14.9 Å². The van der Waals surface area contributed by atoms with Crippen molar-refractivity contribution >= 4 is 23.3 Å². The molecule has 29 heavy (non-hydrogen) atoms. The summed E-state index contributed by atoms with van der Waals surface area (Å²) in [5, 5.41) is 13.2. The molecule has 1 amide bonds. The number of nitro groups is 1. The van der Waals surface area contributed by atoms with E-state index in [4.69, 9.17) is 14.2 Å². The van der Waals surface area contributed by atoms with Gasteiger partial charge in [-0.25, -0.2) is 13.6 Å². The average molecular weight is 410 g/mol. The van der Waals surface area contributed by atoms with Crippen LogP contribution in [0.4, 0.5) is 20.2 Å². The third-order valence-corrected chi connectivity index (χ3v) is 3.78. The highest BCUT2D eigenvalue weighted by Gasteiger charge is 2.29. The molecule has 2 rings (SSSR count). The van der Waals surface area contributed by atoms with Gasteiger partial charge in [-0.2, -0.15) is 0 Å². The lowest BCUT2D eigenvalue weighted by atomic mass is 10.1. The van der Waals surface area contributed by atoms with Crippen molar-refractivity contribution in [3.63, 3.8) is 0 Å². The van der Waals surface area contributed by atoms with E-state index < -0.39 is 51.5 Å². The lowest BCUT2D eigenvalue weighted by molar-refractivity contribution is -0.385. The van der Waals surface area contributed by atoms with E-state index in [0.717, 1.165) is 37.3 Å². The monoisotopic (exact) mass is 410 g/mol. The van der Waals surface area contributed by atoms with E-state index in [0.29, 0.717) is 0 Å². The van der Waals surface area contributed by atoms with Crippen LogP contribution in [0.2, 0.25) is 0 Å². The van der Waals surface area contributed by atoms with E-state index in [2.05, 4.69) is 0 Å². The minimum Gasteiger partial charge on any atom is -0.493 e. The molecule has 0 unspecified atom stereocenters. The summed E-state index contributed by atoms with van der Waals surface area (Å²) in [6.45, 7) is 1.14. The van der Waals surface area contributed by atoms with Crippen molar-refractivity contribution in [2.45, 2.75) is 13.0 Å². The van der Waals surface area contributed by atoms with Gasteiger partial charge in [0.1, 0.15) is 22.9 Å². The molecule has 9 nitrogen and oxygen atoms in total. The molecule has 0 fully saturated rings. The second-order valence-electron chi connectivity index (χ2n) is 5.61. The summed E-state index contributed by atoms with van der Waals surface area (Å²) in [6.07, 6.45) is -1.52. The quantitative estimate of drug-likeness (QED) is 0.423. The number of hydrogen-bond donors (Lipinski definition) is 1. The Morgan fingerprint density at radius 2 is 1.66 bits per heavy atom. The summed E-state index contributed by atoms with van der Waals surface area (Å²) < 4.78 is 42.1. The van der Waals surface area contributed by atoms with E-state index in [1.165, 1.54) is 14.2 Å².